The zero-order valence-corrected chi connectivity index (χ0v) is 15.0. The van der Waals surface area contributed by atoms with E-state index in [1.54, 1.807) is 30.5 Å². The number of anilines is 1. The van der Waals surface area contributed by atoms with Crippen LogP contribution in [0.3, 0.4) is 0 Å². The molecule has 1 heterocycles. The molecule has 0 bridgehead atoms. The highest BCUT2D eigenvalue weighted by atomic mass is 35.5. The molecule has 1 amide bonds. The first kappa shape index (κ1) is 18.2. The molecule has 0 aromatic heterocycles. The highest BCUT2D eigenvalue weighted by Crippen LogP contribution is 2.16. The third kappa shape index (κ3) is 5.47. The van der Waals surface area contributed by atoms with Crippen LogP contribution in [0, 0.1) is 0 Å². The van der Waals surface area contributed by atoms with Crippen molar-refractivity contribution >= 4 is 29.4 Å². The fraction of sp³-hybridized carbons (Fsp3) is 0.263. The largest absolute Gasteiger partial charge is 0.484 e. The van der Waals surface area contributed by atoms with Crippen molar-refractivity contribution < 1.29 is 14.3 Å². The van der Waals surface area contributed by atoms with Gasteiger partial charge in [0.1, 0.15) is 5.75 Å². The Morgan fingerprint density at radius 3 is 2.54 bits per heavy atom. The first-order valence-corrected chi connectivity index (χ1v) is 8.71. The number of hydrogen-bond acceptors (Lipinski definition) is 5. The molecule has 0 radical (unpaired) electrons. The Morgan fingerprint density at radius 2 is 1.85 bits per heavy atom. The van der Waals surface area contributed by atoms with E-state index in [1.807, 2.05) is 24.3 Å². The molecule has 0 unspecified atom stereocenters. The smallest absolute Gasteiger partial charge is 0.277 e. The van der Waals surface area contributed by atoms with Crippen molar-refractivity contribution in [1.82, 2.24) is 5.43 Å². The van der Waals surface area contributed by atoms with Gasteiger partial charge in [0, 0.05) is 23.8 Å². The van der Waals surface area contributed by atoms with E-state index in [2.05, 4.69) is 15.4 Å². The molecule has 3 rings (SSSR count). The Labute approximate surface area is 157 Å². The van der Waals surface area contributed by atoms with Gasteiger partial charge in [0.15, 0.2) is 6.61 Å². The van der Waals surface area contributed by atoms with Crippen molar-refractivity contribution in [1.29, 1.82) is 0 Å². The summed E-state index contributed by atoms with van der Waals surface area (Å²) in [6.45, 7) is 3.20. The van der Waals surface area contributed by atoms with Crippen LogP contribution in [0.25, 0.3) is 0 Å². The van der Waals surface area contributed by atoms with Gasteiger partial charge in [-0.05, 0) is 42.0 Å². The zero-order chi connectivity index (χ0) is 18.2. The summed E-state index contributed by atoms with van der Waals surface area (Å²) in [5, 5.41) is 4.57. The maximum Gasteiger partial charge on any atom is 0.277 e. The van der Waals surface area contributed by atoms with Crippen molar-refractivity contribution in [2.75, 3.05) is 37.8 Å². The summed E-state index contributed by atoms with van der Waals surface area (Å²) in [4.78, 5) is 14.0. The number of carbonyl (C=O) groups is 1. The molecule has 136 valence electrons. The summed E-state index contributed by atoms with van der Waals surface area (Å²) in [6.07, 6.45) is 1.60. The Balaban J connectivity index is 1.44. The topological polar surface area (TPSA) is 63.2 Å². The second-order valence-electron chi connectivity index (χ2n) is 5.73. The average molecular weight is 374 g/mol. The molecule has 2 aromatic rings. The van der Waals surface area contributed by atoms with Crippen LogP contribution < -0.4 is 15.1 Å². The SMILES string of the molecule is O=C(COc1ccc(Cl)cc1)N/N=C/c1ccc(N2CCOCC2)cc1. The molecule has 7 heteroatoms. The lowest BCUT2D eigenvalue weighted by Gasteiger charge is -2.28. The maximum absolute atomic E-state index is 11.7. The molecule has 0 spiro atoms. The number of hydrazone groups is 1. The fourth-order valence-electron chi connectivity index (χ4n) is 2.48. The highest BCUT2D eigenvalue weighted by Gasteiger charge is 2.10. The number of nitrogens with one attached hydrogen (secondary N) is 1. The number of amides is 1. The van der Waals surface area contributed by atoms with E-state index in [4.69, 9.17) is 21.1 Å². The van der Waals surface area contributed by atoms with Gasteiger partial charge in [0.05, 0.1) is 19.4 Å². The van der Waals surface area contributed by atoms with Gasteiger partial charge in [-0.15, -0.1) is 0 Å². The first-order chi connectivity index (χ1) is 12.7. The van der Waals surface area contributed by atoms with Gasteiger partial charge in [-0.25, -0.2) is 5.43 Å². The van der Waals surface area contributed by atoms with E-state index in [1.165, 1.54) is 0 Å². The monoisotopic (exact) mass is 373 g/mol. The molecule has 0 aliphatic carbocycles. The van der Waals surface area contributed by atoms with E-state index in [0.717, 1.165) is 37.6 Å². The average Bonchev–Trinajstić information content (AvgIpc) is 2.69. The van der Waals surface area contributed by atoms with E-state index >= 15 is 0 Å². The fourth-order valence-corrected chi connectivity index (χ4v) is 2.61. The Morgan fingerprint density at radius 1 is 1.15 bits per heavy atom. The summed E-state index contributed by atoms with van der Waals surface area (Å²) < 4.78 is 10.7. The van der Waals surface area contributed by atoms with Crippen molar-refractivity contribution in [3.05, 3.63) is 59.1 Å². The normalized spacial score (nSPS) is 14.4. The van der Waals surface area contributed by atoms with Gasteiger partial charge in [0.25, 0.3) is 5.91 Å². The molecule has 0 saturated carbocycles. The van der Waals surface area contributed by atoms with Crippen LogP contribution in [-0.4, -0.2) is 45.0 Å². The lowest BCUT2D eigenvalue weighted by Crippen LogP contribution is -2.36. The predicted octanol–water partition coefficient (Wildman–Crippen LogP) is 2.71. The number of hydrogen-bond donors (Lipinski definition) is 1. The standard InChI is InChI=1S/C19H20ClN3O3/c20-16-3-7-18(8-4-16)26-14-19(24)22-21-13-15-1-5-17(6-2-15)23-9-11-25-12-10-23/h1-8,13H,9-12,14H2,(H,22,24)/b21-13+. The Hall–Kier alpha value is -2.57. The number of ether oxygens (including phenoxy) is 2. The van der Waals surface area contributed by atoms with E-state index < -0.39 is 0 Å². The van der Waals surface area contributed by atoms with Gasteiger partial charge in [0.2, 0.25) is 0 Å². The van der Waals surface area contributed by atoms with E-state index in [-0.39, 0.29) is 12.5 Å². The quantitative estimate of drug-likeness (QED) is 0.624. The number of morpholine rings is 1. The molecule has 0 atom stereocenters. The highest BCUT2D eigenvalue weighted by molar-refractivity contribution is 6.30. The van der Waals surface area contributed by atoms with Crippen LogP contribution in [0.1, 0.15) is 5.56 Å². The van der Waals surface area contributed by atoms with Crippen molar-refractivity contribution in [2.45, 2.75) is 0 Å². The van der Waals surface area contributed by atoms with Gasteiger partial charge in [-0.1, -0.05) is 23.7 Å². The van der Waals surface area contributed by atoms with Gasteiger partial charge in [-0.2, -0.15) is 5.10 Å². The number of nitrogens with zero attached hydrogens (tertiary/aromatic N) is 2. The molecular formula is C19H20ClN3O3. The first-order valence-electron chi connectivity index (χ1n) is 8.34. The van der Waals surface area contributed by atoms with E-state index in [9.17, 15) is 4.79 Å². The number of rotatable bonds is 6. The summed E-state index contributed by atoms with van der Waals surface area (Å²) >= 11 is 5.79. The molecule has 6 nitrogen and oxygen atoms in total. The van der Waals surface area contributed by atoms with Gasteiger partial charge in [-0.3, -0.25) is 4.79 Å². The second-order valence-corrected chi connectivity index (χ2v) is 6.16. The lowest BCUT2D eigenvalue weighted by atomic mass is 10.2. The molecular weight excluding hydrogens is 354 g/mol. The second kappa shape index (κ2) is 9.22. The van der Waals surface area contributed by atoms with Gasteiger partial charge >= 0.3 is 0 Å². The third-order valence-corrected chi connectivity index (χ3v) is 4.11. The van der Waals surface area contributed by atoms with Crippen LogP contribution in [-0.2, 0) is 9.53 Å². The molecule has 26 heavy (non-hydrogen) atoms. The van der Waals surface area contributed by atoms with Crippen molar-refractivity contribution in [2.24, 2.45) is 5.10 Å². The Kier molecular flexibility index (Phi) is 6.46. The lowest BCUT2D eigenvalue weighted by molar-refractivity contribution is -0.123. The van der Waals surface area contributed by atoms with Crippen LogP contribution in [0.5, 0.6) is 5.75 Å². The minimum Gasteiger partial charge on any atom is -0.484 e. The number of halogens is 1. The summed E-state index contributed by atoms with van der Waals surface area (Å²) in [6, 6.07) is 14.8. The van der Waals surface area contributed by atoms with Crippen LogP contribution in [0.15, 0.2) is 53.6 Å². The molecule has 1 N–H and O–H groups in total. The number of carbonyl (C=O) groups excluding carboxylic acids is 1. The molecule has 1 aliphatic rings. The minimum atomic E-state index is -0.332. The molecule has 1 aliphatic heterocycles. The molecule has 1 fully saturated rings. The van der Waals surface area contributed by atoms with Crippen molar-refractivity contribution in [3.63, 3.8) is 0 Å². The van der Waals surface area contributed by atoms with Gasteiger partial charge < -0.3 is 14.4 Å². The Bertz CT molecular complexity index is 742. The van der Waals surface area contributed by atoms with Crippen LogP contribution >= 0.6 is 11.6 Å². The molecule has 1 saturated heterocycles. The summed E-state index contributed by atoms with van der Waals surface area (Å²) in [7, 11) is 0. The van der Waals surface area contributed by atoms with E-state index in [0.29, 0.717) is 10.8 Å². The molecule has 2 aromatic carbocycles. The van der Waals surface area contributed by atoms with Crippen LogP contribution in [0.4, 0.5) is 5.69 Å². The van der Waals surface area contributed by atoms with Crippen molar-refractivity contribution in [3.8, 4) is 5.75 Å². The minimum absolute atomic E-state index is 0.116. The summed E-state index contributed by atoms with van der Waals surface area (Å²) in [5.74, 6) is 0.244. The summed E-state index contributed by atoms with van der Waals surface area (Å²) in [5.41, 5.74) is 4.51. The predicted molar refractivity (Wildman–Crippen MR) is 102 cm³/mol. The zero-order valence-electron chi connectivity index (χ0n) is 14.2. The number of benzene rings is 2. The maximum atomic E-state index is 11.7. The third-order valence-electron chi connectivity index (χ3n) is 3.86. The van der Waals surface area contributed by atoms with Crippen LogP contribution in [0.2, 0.25) is 5.02 Å².